The molecule has 6 nitrogen and oxygen atoms in total. The zero-order valence-electron chi connectivity index (χ0n) is 15.7. The molecule has 4 rings (SSSR count). The highest BCUT2D eigenvalue weighted by Crippen LogP contribution is 2.20. The van der Waals surface area contributed by atoms with Crippen LogP contribution in [-0.2, 0) is 11.2 Å². The van der Waals surface area contributed by atoms with Crippen LogP contribution in [-0.4, -0.2) is 47.2 Å². The fourth-order valence-corrected chi connectivity index (χ4v) is 3.57. The van der Waals surface area contributed by atoms with Gasteiger partial charge in [0.05, 0.1) is 5.92 Å². The molecule has 0 amide bonds. The van der Waals surface area contributed by atoms with Crippen LogP contribution in [0.2, 0.25) is 0 Å². The average molecular weight is 380 g/mol. The third kappa shape index (κ3) is 4.51. The normalized spacial score (nSPS) is 15.7. The predicted molar refractivity (Wildman–Crippen MR) is 106 cm³/mol. The Morgan fingerprint density at radius 3 is 2.61 bits per heavy atom. The molecule has 0 spiro atoms. The van der Waals surface area contributed by atoms with E-state index in [9.17, 15) is 4.79 Å². The first kappa shape index (κ1) is 18.5. The number of aliphatic carboxylic acids is 1. The van der Waals surface area contributed by atoms with Gasteiger partial charge in [0, 0.05) is 13.0 Å². The van der Waals surface area contributed by atoms with Crippen molar-refractivity contribution < 1.29 is 19.1 Å². The first-order valence-electron chi connectivity index (χ1n) is 9.69. The molecule has 1 aliphatic rings. The minimum atomic E-state index is -0.672. The molecular formula is C22H24N2O4. The number of rotatable bonds is 7. The van der Waals surface area contributed by atoms with Crippen LogP contribution in [0.25, 0.3) is 11.1 Å². The van der Waals surface area contributed by atoms with Crippen molar-refractivity contribution in [2.45, 2.75) is 19.3 Å². The molecule has 1 saturated heterocycles. The lowest BCUT2D eigenvalue weighted by atomic mass is 9.97. The number of para-hydroxylation sites is 2. The summed E-state index contributed by atoms with van der Waals surface area (Å²) in [7, 11) is 0. The van der Waals surface area contributed by atoms with E-state index >= 15 is 0 Å². The quantitative estimate of drug-likeness (QED) is 0.675. The van der Waals surface area contributed by atoms with E-state index in [1.165, 1.54) is 0 Å². The van der Waals surface area contributed by atoms with E-state index in [2.05, 4.69) is 9.88 Å². The molecule has 28 heavy (non-hydrogen) atoms. The van der Waals surface area contributed by atoms with Crippen LogP contribution in [0.15, 0.2) is 52.9 Å². The van der Waals surface area contributed by atoms with Gasteiger partial charge in [-0.05, 0) is 55.8 Å². The van der Waals surface area contributed by atoms with Crippen molar-refractivity contribution in [2.75, 3.05) is 26.2 Å². The second-order valence-corrected chi connectivity index (χ2v) is 7.20. The molecule has 0 aliphatic carbocycles. The van der Waals surface area contributed by atoms with Crippen LogP contribution in [0, 0.1) is 5.92 Å². The van der Waals surface area contributed by atoms with E-state index in [1.54, 1.807) is 0 Å². The van der Waals surface area contributed by atoms with Gasteiger partial charge in [-0.1, -0.05) is 24.3 Å². The third-order valence-corrected chi connectivity index (χ3v) is 5.23. The van der Waals surface area contributed by atoms with Gasteiger partial charge in [-0.15, -0.1) is 0 Å². The van der Waals surface area contributed by atoms with Crippen molar-refractivity contribution in [1.29, 1.82) is 0 Å². The molecule has 0 radical (unpaired) electrons. The smallest absolute Gasteiger partial charge is 0.306 e. The van der Waals surface area contributed by atoms with Crippen LogP contribution in [0.3, 0.4) is 0 Å². The van der Waals surface area contributed by atoms with E-state index in [-0.39, 0.29) is 5.92 Å². The maximum absolute atomic E-state index is 11.0. The van der Waals surface area contributed by atoms with Gasteiger partial charge >= 0.3 is 5.97 Å². The predicted octanol–water partition coefficient (Wildman–Crippen LogP) is 3.59. The number of oxazole rings is 1. The fraction of sp³-hybridized carbons (Fsp3) is 0.364. The summed E-state index contributed by atoms with van der Waals surface area (Å²) in [5, 5.41) is 9.05. The number of carboxylic acid groups (broad SMARTS) is 1. The second kappa shape index (κ2) is 8.44. The van der Waals surface area contributed by atoms with Gasteiger partial charge in [0.25, 0.3) is 0 Å². The van der Waals surface area contributed by atoms with Crippen LogP contribution < -0.4 is 4.74 Å². The molecule has 0 bridgehead atoms. The van der Waals surface area contributed by atoms with Crippen LogP contribution in [0.5, 0.6) is 5.75 Å². The minimum Gasteiger partial charge on any atom is -0.492 e. The average Bonchev–Trinajstić information content (AvgIpc) is 3.12. The Kier molecular flexibility index (Phi) is 5.58. The maximum Gasteiger partial charge on any atom is 0.306 e. The van der Waals surface area contributed by atoms with Crippen LogP contribution >= 0.6 is 0 Å². The fourth-order valence-electron chi connectivity index (χ4n) is 3.57. The minimum absolute atomic E-state index is 0.189. The summed E-state index contributed by atoms with van der Waals surface area (Å²) in [6, 6.07) is 15.8. The topological polar surface area (TPSA) is 75.8 Å². The van der Waals surface area contributed by atoms with E-state index < -0.39 is 5.97 Å². The summed E-state index contributed by atoms with van der Waals surface area (Å²) in [6.07, 6.45) is 2.09. The van der Waals surface area contributed by atoms with E-state index in [4.69, 9.17) is 14.3 Å². The van der Waals surface area contributed by atoms with Gasteiger partial charge in [0.2, 0.25) is 0 Å². The summed E-state index contributed by atoms with van der Waals surface area (Å²) in [5.74, 6) is 0.682. The molecule has 1 aromatic heterocycles. The number of carbonyl (C=O) groups is 1. The van der Waals surface area contributed by atoms with Crippen molar-refractivity contribution in [3.05, 3.63) is 60.0 Å². The van der Waals surface area contributed by atoms with Gasteiger partial charge in [-0.3, -0.25) is 9.69 Å². The lowest BCUT2D eigenvalue weighted by Gasteiger charge is -2.29. The molecule has 0 atom stereocenters. The van der Waals surface area contributed by atoms with E-state index in [1.807, 2.05) is 48.5 Å². The molecular weight excluding hydrogens is 356 g/mol. The number of fused-ring (bicyclic) bond motifs is 1. The Labute approximate surface area is 163 Å². The zero-order valence-corrected chi connectivity index (χ0v) is 15.7. The summed E-state index contributed by atoms with van der Waals surface area (Å²) >= 11 is 0. The summed E-state index contributed by atoms with van der Waals surface area (Å²) in [6.45, 7) is 3.06. The van der Waals surface area contributed by atoms with Gasteiger partial charge in [0.1, 0.15) is 17.9 Å². The first-order valence-corrected chi connectivity index (χ1v) is 9.69. The van der Waals surface area contributed by atoms with E-state index in [0.717, 1.165) is 54.9 Å². The van der Waals surface area contributed by atoms with Crippen LogP contribution in [0.1, 0.15) is 24.3 Å². The molecule has 2 heterocycles. The number of piperidine rings is 1. The Morgan fingerprint density at radius 1 is 1.14 bits per heavy atom. The molecule has 3 aromatic rings. The number of ether oxygens (including phenoxy) is 1. The van der Waals surface area contributed by atoms with E-state index in [0.29, 0.717) is 18.9 Å². The first-order chi connectivity index (χ1) is 13.7. The number of nitrogens with zero attached hydrogens (tertiary/aromatic N) is 2. The second-order valence-electron chi connectivity index (χ2n) is 7.20. The highest BCUT2D eigenvalue weighted by Gasteiger charge is 2.24. The van der Waals surface area contributed by atoms with Crippen molar-refractivity contribution in [2.24, 2.45) is 5.92 Å². The molecule has 0 unspecified atom stereocenters. The Hall–Kier alpha value is -2.86. The molecule has 6 heteroatoms. The number of aromatic nitrogens is 1. The molecule has 1 fully saturated rings. The zero-order chi connectivity index (χ0) is 19.3. The molecule has 0 saturated carbocycles. The highest BCUT2D eigenvalue weighted by molar-refractivity contribution is 5.72. The Balaban J connectivity index is 1.24. The van der Waals surface area contributed by atoms with Gasteiger partial charge in [-0.25, -0.2) is 4.98 Å². The third-order valence-electron chi connectivity index (χ3n) is 5.23. The highest BCUT2D eigenvalue weighted by atomic mass is 16.5. The molecule has 2 aromatic carbocycles. The van der Waals surface area contributed by atoms with Crippen molar-refractivity contribution >= 4 is 17.1 Å². The van der Waals surface area contributed by atoms with Gasteiger partial charge in [-0.2, -0.15) is 0 Å². The molecule has 146 valence electrons. The summed E-state index contributed by atoms with van der Waals surface area (Å²) in [4.78, 5) is 17.8. The van der Waals surface area contributed by atoms with Crippen molar-refractivity contribution in [3.63, 3.8) is 0 Å². The van der Waals surface area contributed by atoms with Crippen LogP contribution in [0.4, 0.5) is 0 Å². The Morgan fingerprint density at radius 2 is 1.89 bits per heavy atom. The molecule has 1 N–H and O–H groups in total. The van der Waals surface area contributed by atoms with Gasteiger partial charge in [0.15, 0.2) is 11.5 Å². The number of benzene rings is 2. The number of likely N-dealkylation sites (tertiary alicyclic amines) is 1. The SMILES string of the molecule is O=C(O)C1CCN(CCOc2ccc(Cc3nc4ccccc4o3)cc2)CC1. The maximum atomic E-state index is 11.0. The van der Waals surface area contributed by atoms with Crippen molar-refractivity contribution in [3.8, 4) is 5.75 Å². The monoisotopic (exact) mass is 380 g/mol. The Bertz CT molecular complexity index is 894. The lowest BCUT2D eigenvalue weighted by Crippen LogP contribution is -2.38. The lowest BCUT2D eigenvalue weighted by molar-refractivity contribution is -0.143. The largest absolute Gasteiger partial charge is 0.492 e. The van der Waals surface area contributed by atoms with Gasteiger partial charge < -0.3 is 14.3 Å². The molecule has 1 aliphatic heterocycles. The number of carboxylic acids is 1. The standard InChI is InChI=1S/C22H24N2O4/c25-22(26)17-9-11-24(12-10-17)13-14-27-18-7-5-16(6-8-18)15-21-23-19-3-1-2-4-20(19)28-21/h1-8,17H,9-15H2,(H,25,26). The summed E-state index contributed by atoms with van der Waals surface area (Å²) < 4.78 is 11.6. The number of hydrogen-bond donors (Lipinski definition) is 1. The number of hydrogen-bond acceptors (Lipinski definition) is 5. The summed E-state index contributed by atoms with van der Waals surface area (Å²) in [5.41, 5.74) is 2.81. The van der Waals surface area contributed by atoms with Crippen molar-refractivity contribution in [1.82, 2.24) is 9.88 Å².